The van der Waals surface area contributed by atoms with Crippen molar-refractivity contribution in [1.82, 2.24) is 14.7 Å². The van der Waals surface area contributed by atoms with E-state index in [-0.39, 0.29) is 0 Å². The molecule has 0 amide bonds. The minimum absolute atomic E-state index is 0.394. The average molecular weight is 235 g/mol. The zero-order valence-electron chi connectivity index (χ0n) is 9.73. The van der Waals surface area contributed by atoms with E-state index in [0.29, 0.717) is 6.04 Å². The summed E-state index contributed by atoms with van der Waals surface area (Å²) in [5.41, 5.74) is 2.47. The predicted molar refractivity (Wildman–Crippen MR) is 66.9 cm³/mol. The maximum atomic E-state index is 4.58. The summed E-state index contributed by atoms with van der Waals surface area (Å²) in [6, 6.07) is 0.394. The Labute approximate surface area is 99.5 Å². The summed E-state index contributed by atoms with van der Waals surface area (Å²) < 4.78 is 2.21. The van der Waals surface area contributed by atoms with Gasteiger partial charge in [-0.15, -0.1) is 11.3 Å². The van der Waals surface area contributed by atoms with Crippen molar-refractivity contribution in [3.8, 4) is 0 Å². The molecule has 0 bridgehead atoms. The highest BCUT2D eigenvalue weighted by atomic mass is 32.1. The van der Waals surface area contributed by atoms with E-state index >= 15 is 0 Å². The number of nitrogens with one attached hydrogen (secondary N) is 1. The highest BCUT2D eigenvalue weighted by Crippen LogP contribution is 2.29. The Morgan fingerprint density at radius 1 is 1.62 bits per heavy atom. The molecule has 1 fully saturated rings. The van der Waals surface area contributed by atoms with Crippen LogP contribution >= 0.6 is 11.3 Å². The third-order valence-corrected chi connectivity index (χ3v) is 4.06. The Morgan fingerprint density at radius 3 is 3.19 bits per heavy atom. The fourth-order valence-corrected chi connectivity index (χ4v) is 2.96. The van der Waals surface area contributed by atoms with Gasteiger partial charge in [0.2, 0.25) is 0 Å². The molecule has 1 unspecified atom stereocenters. The summed E-state index contributed by atoms with van der Waals surface area (Å²) >= 11 is 1.70. The van der Waals surface area contributed by atoms with Crippen LogP contribution in [-0.4, -0.2) is 15.9 Å². The van der Waals surface area contributed by atoms with Gasteiger partial charge in [0, 0.05) is 17.6 Å². The Hall–Kier alpha value is -0.870. The van der Waals surface area contributed by atoms with Crippen molar-refractivity contribution in [2.45, 2.75) is 32.7 Å². The first kappa shape index (κ1) is 10.3. The first-order valence-corrected chi connectivity index (χ1v) is 6.79. The molecule has 1 aliphatic rings. The van der Waals surface area contributed by atoms with Gasteiger partial charge in [0.15, 0.2) is 4.96 Å². The number of imidazole rings is 1. The Balaban J connectivity index is 1.84. The molecule has 16 heavy (non-hydrogen) atoms. The molecule has 0 saturated heterocycles. The van der Waals surface area contributed by atoms with Crippen molar-refractivity contribution < 1.29 is 0 Å². The lowest BCUT2D eigenvalue weighted by atomic mass is 10.2. The van der Waals surface area contributed by atoms with Crippen LogP contribution in [0.2, 0.25) is 0 Å². The van der Waals surface area contributed by atoms with Crippen LogP contribution in [-0.2, 0) is 0 Å². The van der Waals surface area contributed by atoms with Crippen molar-refractivity contribution in [3.05, 3.63) is 23.0 Å². The Bertz CT molecular complexity index is 495. The van der Waals surface area contributed by atoms with E-state index in [9.17, 15) is 0 Å². The Kier molecular flexibility index (Phi) is 2.48. The molecule has 2 aromatic rings. The number of hydrogen-bond donors (Lipinski definition) is 1. The fourth-order valence-electron chi connectivity index (χ4n) is 2.20. The predicted octanol–water partition coefficient (Wildman–Crippen LogP) is 2.76. The highest BCUT2D eigenvalue weighted by molar-refractivity contribution is 7.15. The first-order valence-electron chi connectivity index (χ1n) is 5.91. The van der Waals surface area contributed by atoms with E-state index in [1.54, 1.807) is 11.3 Å². The summed E-state index contributed by atoms with van der Waals surface area (Å²) in [7, 11) is 0. The molecule has 86 valence electrons. The maximum Gasteiger partial charge on any atom is 0.194 e. The molecule has 0 spiro atoms. The lowest BCUT2D eigenvalue weighted by Crippen LogP contribution is -2.22. The van der Waals surface area contributed by atoms with Crippen LogP contribution in [0.4, 0.5) is 0 Å². The van der Waals surface area contributed by atoms with Crippen LogP contribution in [0, 0.1) is 12.8 Å². The van der Waals surface area contributed by atoms with Gasteiger partial charge in [-0.2, -0.15) is 0 Å². The monoisotopic (exact) mass is 235 g/mol. The van der Waals surface area contributed by atoms with Crippen molar-refractivity contribution in [3.63, 3.8) is 0 Å². The van der Waals surface area contributed by atoms with Crippen molar-refractivity contribution >= 4 is 16.3 Å². The third-order valence-electron chi connectivity index (χ3n) is 3.30. The van der Waals surface area contributed by atoms with Crippen molar-refractivity contribution in [1.29, 1.82) is 0 Å². The highest BCUT2D eigenvalue weighted by Gasteiger charge is 2.23. The van der Waals surface area contributed by atoms with Crippen LogP contribution in [0.5, 0.6) is 0 Å². The lowest BCUT2D eigenvalue weighted by molar-refractivity contribution is 0.533. The Morgan fingerprint density at radius 2 is 2.44 bits per heavy atom. The van der Waals surface area contributed by atoms with Crippen LogP contribution < -0.4 is 5.32 Å². The molecule has 2 aromatic heterocycles. The van der Waals surface area contributed by atoms with Crippen LogP contribution in [0.1, 0.15) is 37.2 Å². The number of fused-ring (bicyclic) bond motifs is 1. The van der Waals surface area contributed by atoms with E-state index in [4.69, 9.17) is 0 Å². The van der Waals surface area contributed by atoms with E-state index < -0.39 is 0 Å². The molecule has 0 aromatic carbocycles. The molecular formula is C12H17N3S. The van der Waals surface area contributed by atoms with Gasteiger partial charge in [-0.1, -0.05) is 0 Å². The summed E-state index contributed by atoms with van der Waals surface area (Å²) in [5, 5.41) is 5.71. The van der Waals surface area contributed by atoms with Gasteiger partial charge < -0.3 is 5.32 Å². The zero-order valence-corrected chi connectivity index (χ0v) is 10.5. The molecule has 1 aliphatic carbocycles. The van der Waals surface area contributed by atoms with Gasteiger partial charge in [-0.3, -0.25) is 4.40 Å². The number of rotatable bonds is 4. The minimum atomic E-state index is 0.394. The fraction of sp³-hybridized carbons (Fsp3) is 0.583. The quantitative estimate of drug-likeness (QED) is 0.883. The van der Waals surface area contributed by atoms with E-state index in [1.165, 1.54) is 18.5 Å². The van der Waals surface area contributed by atoms with Crippen LogP contribution in [0.15, 0.2) is 11.6 Å². The van der Waals surface area contributed by atoms with Gasteiger partial charge in [0.05, 0.1) is 11.4 Å². The SMILES string of the molecule is Cc1nc2sccn2c1C(C)NCC1CC1. The molecule has 4 heteroatoms. The topological polar surface area (TPSA) is 29.3 Å². The second kappa shape index (κ2) is 3.86. The number of nitrogens with zero attached hydrogens (tertiary/aromatic N) is 2. The van der Waals surface area contributed by atoms with E-state index in [2.05, 4.69) is 40.1 Å². The molecule has 3 rings (SSSR count). The summed E-state index contributed by atoms with van der Waals surface area (Å²) in [4.78, 5) is 5.68. The number of thiazole rings is 1. The van der Waals surface area contributed by atoms with Crippen molar-refractivity contribution in [2.75, 3.05) is 6.54 Å². The van der Waals surface area contributed by atoms with E-state index in [0.717, 1.165) is 23.1 Å². The summed E-state index contributed by atoms with van der Waals surface area (Å²) in [6.07, 6.45) is 4.92. The molecule has 1 atom stereocenters. The summed E-state index contributed by atoms with van der Waals surface area (Å²) in [5.74, 6) is 0.925. The van der Waals surface area contributed by atoms with Gasteiger partial charge in [0.25, 0.3) is 0 Å². The second-order valence-electron chi connectivity index (χ2n) is 4.71. The molecule has 0 aliphatic heterocycles. The second-order valence-corrected chi connectivity index (χ2v) is 5.58. The first-order chi connectivity index (χ1) is 7.75. The standard InChI is InChI=1S/C12H17N3S/c1-8(13-7-10-3-4-10)11-9(2)14-12-15(11)5-6-16-12/h5-6,8,10,13H,3-4,7H2,1-2H3. The molecule has 0 radical (unpaired) electrons. The van der Waals surface area contributed by atoms with Gasteiger partial charge >= 0.3 is 0 Å². The lowest BCUT2D eigenvalue weighted by Gasteiger charge is -2.13. The molecule has 1 saturated carbocycles. The van der Waals surface area contributed by atoms with Gasteiger partial charge in [0.1, 0.15) is 0 Å². The summed E-state index contributed by atoms with van der Waals surface area (Å²) in [6.45, 7) is 5.48. The maximum absolute atomic E-state index is 4.58. The van der Waals surface area contributed by atoms with Gasteiger partial charge in [-0.05, 0) is 39.2 Å². The van der Waals surface area contributed by atoms with Crippen LogP contribution in [0.3, 0.4) is 0 Å². The van der Waals surface area contributed by atoms with Gasteiger partial charge in [-0.25, -0.2) is 4.98 Å². The number of hydrogen-bond acceptors (Lipinski definition) is 3. The molecule has 1 N–H and O–H groups in total. The van der Waals surface area contributed by atoms with Crippen LogP contribution in [0.25, 0.3) is 4.96 Å². The average Bonchev–Trinajstić information content (AvgIpc) is 2.89. The van der Waals surface area contributed by atoms with Crippen molar-refractivity contribution in [2.24, 2.45) is 5.92 Å². The molecule has 3 nitrogen and oxygen atoms in total. The zero-order chi connectivity index (χ0) is 11.1. The third kappa shape index (κ3) is 1.76. The normalized spacial score (nSPS) is 18.1. The largest absolute Gasteiger partial charge is 0.309 e. The number of aromatic nitrogens is 2. The molecule has 2 heterocycles. The molecular weight excluding hydrogens is 218 g/mol. The minimum Gasteiger partial charge on any atom is -0.309 e. The van der Waals surface area contributed by atoms with E-state index in [1.807, 2.05) is 0 Å². The smallest absolute Gasteiger partial charge is 0.194 e. The number of aryl methyl sites for hydroxylation is 1.